The van der Waals surface area contributed by atoms with E-state index in [0.29, 0.717) is 28.4 Å². The van der Waals surface area contributed by atoms with Crippen LogP contribution in [0.5, 0.6) is 0 Å². The van der Waals surface area contributed by atoms with Gasteiger partial charge in [0.2, 0.25) is 0 Å². The largest absolute Gasteiger partial charge is 0.375 e. The molecule has 1 aliphatic rings. The molecule has 1 heterocycles. The molecule has 1 N–H and O–H groups in total. The molecule has 5 heteroatoms. The van der Waals surface area contributed by atoms with Crippen molar-refractivity contribution < 1.29 is 14.7 Å². The predicted octanol–water partition coefficient (Wildman–Crippen LogP) is 4.90. The lowest BCUT2D eigenvalue weighted by atomic mass is 9.79. The molecule has 3 aromatic carbocycles. The van der Waals surface area contributed by atoms with Gasteiger partial charge in [-0.25, -0.2) is 0 Å². The number of halogens is 1. The lowest BCUT2D eigenvalue weighted by Gasteiger charge is -2.28. The molecule has 0 saturated carbocycles. The van der Waals surface area contributed by atoms with Gasteiger partial charge in [0.1, 0.15) is 0 Å². The molecule has 2 atom stereocenters. The molecular formula is C25H22ClNO3. The molecule has 152 valence electrons. The maximum absolute atomic E-state index is 13.5. The van der Waals surface area contributed by atoms with E-state index in [9.17, 15) is 14.7 Å². The minimum absolute atomic E-state index is 0.294. The van der Waals surface area contributed by atoms with Crippen LogP contribution >= 0.6 is 11.6 Å². The van der Waals surface area contributed by atoms with Crippen molar-refractivity contribution in [2.45, 2.75) is 26.0 Å². The first-order chi connectivity index (χ1) is 14.3. The Labute approximate surface area is 180 Å². The molecule has 0 saturated heterocycles. The molecule has 1 aliphatic heterocycles. The van der Waals surface area contributed by atoms with Crippen molar-refractivity contribution in [3.05, 3.63) is 100 Å². The highest BCUT2D eigenvalue weighted by Crippen LogP contribution is 2.47. The van der Waals surface area contributed by atoms with E-state index in [1.165, 1.54) is 4.90 Å². The highest BCUT2D eigenvalue weighted by atomic mass is 35.5. The van der Waals surface area contributed by atoms with Crippen LogP contribution < -0.4 is 4.90 Å². The van der Waals surface area contributed by atoms with E-state index in [-0.39, 0.29) is 5.78 Å². The number of amides is 1. The zero-order chi connectivity index (χ0) is 21.5. The fourth-order valence-corrected chi connectivity index (χ4v) is 4.15. The van der Waals surface area contributed by atoms with Crippen molar-refractivity contribution in [2.75, 3.05) is 4.90 Å². The smallest absolute Gasteiger partial charge is 0.264 e. The Morgan fingerprint density at radius 1 is 1.07 bits per heavy atom. The van der Waals surface area contributed by atoms with Gasteiger partial charge in [-0.2, -0.15) is 0 Å². The summed E-state index contributed by atoms with van der Waals surface area (Å²) in [6.45, 7) is 3.88. The van der Waals surface area contributed by atoms with Gasteiger partial charge in [-0.05, 0) is 30.7 Å². The van der Waals surface area contributed by atoms with Crippen LogP contribution in [0.15, 0.2) is 72.8 Å². The molecule has 0 aliphatic carbocycles. The van der Waals surface area contributed by atoms with Crippen LogP contribution in [0.3, 0.4) is 0 Å². The first-order valence-corrected chi connectivity index (χ1v) is 10.2. The van der Waals surface area contributed by atoms with E-state index in [0.717, 1.165) is 11.1 Å². The van der Waals surface area contributed by atoms with Gasteiger partial charge in [-0.15, -0.1) is 0 Å². The quantitative estimate of drug-likeness (QED) is 0.598. The van der Waals surface area contributed by atoms with E-state index in [4.69, 9.17) is 11.6 Å². The van der Waals surface area contributed by atoms with Gasteiger partial charge in [0.05, 0.1) is 18.2 Å². The number of aliphatic hydroxyl groups is 1. The number of carbonyl (C=O) groups excluding carboxylic acids is 2. The first-order valence-electron chi connectivity index (χ1n) is 9.81. The van der Waals surface area contributed by atoms with Crippen molar-refractivity contribution in [3.8, 4) is 0 Å². The van der Waals surface area contributed by atoms with Crippen LogP contribution in [0.2, 0.25) is 5.02 Å². The first kappa shape index (κ1) is 20.3. The van der Waals surface area contributed by atoms with Gasteiger partial charge >= 0.3 is 0 Å². The Morgan fingerprint density at radius 2 is 1.73 bits per heavy atom. The fraction of sp³-hybridized carbons (Fsp3) is 0.200. The van der Waals surface area contributed by atoms with Crippen LogP contribution in [-0.4, -0.2) is 16.8 Å². The highest BCUT2D eigenvalue weighted by molar-refractivity contribution is 6.31. The Hall–Kier alpha value is -2.95. The molecule has 0 aromatic heterocycles. The van der Waals surface area contributed by atoms with Crippen molar-refractivity contribution in [3.63, 3.8) is 0 Å². The number of anilines is 1. The topological polar surface area (TPSA) is 57.6 Å². The van der Waals surface area contributed by atoms with E-state index >= 15 is 0 Å². The number of Topliss-reactive ketones (excluding diaryl/α,β-unsaturated/α-hetero) is 1. The minimum atomic E-state index is -1.99. The third kappa shape index (κ3) is 3.32. The standard InChI is InChI=1S/C25H22ClNO3/c1-16-8-10-18(11-9-16)15-27-22-13-12-20(26)14-21(22)25(30,24(27)29)17(2)23(28)19-6-4-3-5-7-19/h3-14,17,30H,15H2,1-2H3/t17-,25+/m0/s1. The molecule has 0 unspecified atom stereocenters. The molecule has 0 radical (unpaired) electrons. The zero-order valence-electron chi connectivity index (χ0n) is 16.8. The number of benzene rings is 3. The average molecular weight is 420 g/mol. The van der Waals surface area contributed by atoms with Gasteiger partial charge in [0, 0.05) is 16.1 Å². The second-order valence-corrected chi connectivity index (χ2v) is 8.19. The monoisotopic (exact) mass is 419 g/mol. The Kier molecular flexibility index (Phi) is 5.22. The summed E-state index contributed by atoms with van der Waals surface area (Å²) in [5.74, 6) is -1.79. The van der Waals surface area contributed by atoms with Gasteiger partial charge in [0.25, 0.3) is 5.91 Å². The molecule has 0 spiro atoms. The Morgan fingerprint density at radius 3 is 2.40 bits per heavy atom. The third-order valence-electron chi connectivity index (χ3n) is 5.77. The normalized spacial score (nSPS) is 18.9. The van der Waals surface area contributed by atoms with Crippen molar-refractivity contribution in [2.24, 2.45) is 5.92 Å². The maximum atomic E-state index is 13.5. The summed E-state index contributed by atoms with van der Waals surface area (Å²) in [7, 11) is 0. The molecular weight excluding hydrogens is 398 g/mol. The number of hydrogen-bond donors (Lipinski definition) is 1. The van der Waals surface area contributed by atoms with E-state index in [1.54, 1.807) is 49.4 Å². The Balaban J connectivity index is 1.76. The van der Waals surface area contributed by atoms with Crippen molar-refractivity contribution >= 4 is 29.0 Å². The number of rotatable bonds is 5. The maximum Gasteiger partial charge on any atom is 0.264 e. The molecule has 0 bridgehead atoms. The fourth-order valence-electron chi connectivity index (χ4n) is 3.97. The number of aryl methyl sites for hydroxylation is 1. The van der Waals surface area contributed by atoms with E-state index in [1.807, 2.05) is 37.3 Å². The van der Waals surface area contributed by atoms with Crippen LogP contribution in [0.1, 0.15) is 34.0 Å². The lowest BCUT2D eigenvalue weighted by Crippen LogP contribution is -2.47. The molecule has 0 fully saturated rings. The van der Waals surface area contributed by atoms with Crippen LogP contribution in [0.25, 0.3) is 0 Å². The lowest BCUT2D eigenvalue weighted by molar-refractivity contribution is -0.139. The molecule has 4 rings (SSSR count). The van der Waals surface area contributed by atoms with Crippen LogP contribution in [0.4, 0.5) is 5.69 Å². The van der Waals surface area contributed by atoms with Gasteiger partial charge in [0.15, 0.2) is 11.4 Å². The molecule has 3 aromatic rings. The summed E-state index contributed by atoms with van der Waals surface area (Å²) in [4.78, 5) is 28.2. The molecule has 1 amide bonds. The van der Waals surface area contributed by atoms with Crippen LogP contribution in [0, 0.1) is 12.8 Å². The minimum Gasteiger partial charge on any atom is -0.375 e. The van der Waals surface area contributed by atoms with Gasteiger partial charge in [-0.3, -0.25) is 9.59 Å². The third-order valence-corrected chi connectivity index (χ3v) is 6.01. The summed E-state index contributed by atoms with van der Waals surface area (Å²) in [5.41, 5.74) is 1.45. The number of nitrogens with zero attached hydrogens (tertiary/aromatic N) is 1. The number of fused-ring (bicyclic) bond motifs is 1. The number of ketones is 1. The second-order valence-electron chi connectivity index (χ2n) is 7.76. The van der Waals surface area contributed by atoms with Crippen molar-refractivity contribution in [1.82, 2.24) is 0 Å². The van der Waals surface area contributed by atoms with Crippen molar-refractivity contribution in [1.29, 1.82) is 0 Å². The number of hydrogen-bond acceptors (Lipinski definition) is 3. The average Bonchev–Trinajstić information content (AvgIpc) is 2.97. The van der Waals surface area contributed by atoms with E-state index in [2.05, 4.69) is 0 Å². The summed E-state index contributed by atoms with van der Waals surface area (Å²) in [6.07, 6.45) is 0. The second kappa shape index (κ2) is 7.71. The predicted molar refractivity (Wildman–Crippen MR) is 118 cm³/mol. The van der Waals surface area contributed by atoms with E-state index < -0.39 is 17.4 Å². The zero-order valence-corrected chi connectivity index (χ0v) is 17.6. The van der Waals surface area contributed by atoms with Gasteiger partial charge < -0.3 is 10.0 Å². The summed E-state index contributed by atoms with van der Waals surface area (Å²) >= 11 is 6.20. The number of carbonyl (C=O) groups is 2. The summed E-state index contributed by atoms with van der Waals surface area (Å²) in [5, 5.41) is 12.1. The van der Waals surface area contributed by atoms with Crippen LogP contribution in [-0.2, 0) is 16.9 Å². The summed E-state index contributed by atoms with van der Waals surface area (Å²) < 4.78 is 0. The summed E-state index contributed by atoms with van der Waals surface area (Å²) in [6, 6.07) is 21.6. The highest BCUT2D eigenvalue weighted by Gasteiger charge is 2.55. The van der Waals surface area contributed by atoms with Gasteiger partial charge in [-0.1, -0.05) is 78.7 Å². The SMILES string of the molecule is Cc1ccc(CN2C(=O)[C@@](O)([C@@H](C)C(=O)c3ccccc3)c3cc(Cl)ccc32)cc1. The molecule has 30 heavy (non-hydrogen) atoms. The Bertz CT molecular complexity index is 1110. The molecule has 4 nitrogen and oxygen atoms in total.